The van der Waals surface area contributed by atoms with Crippen molar-refractivity contribution >= 4 is 0 Å². The molecule has 5 nitrogen and oxygen atoms in total. The molecule has 2 heterocycles. The first-order valence-corrected chi connectivity index (χ1v) is 7.77. The van der Waals surface area contributed by atoms with Crippen LogP contribution >= 0.6 is 0 Å². The maximum Gasteiger partial charge on any atom is 0.124 e. The van der Waals surface area contributed by atoms with Crippen LogP contribution in [-0.2, 0) is 6.54 Å². The lowest BCUT2D eigenvalue weighted by atomic mass is 10.1. The topological polar surface area (TPSA) is 47.1 Å². The van der Waals surface area contributed by atoms with E-state index in [4.69, 9.17) is 4.52 Å². The van der Waals surface area contributed by atoms with Gasteiger partial charge in [-0.15, -0.1) is 0 Å². The molecule has 3 rings (SSSR count). The van der Waals surface area contributed by atoms with Crippen LogP contribution in [0.25, 0.3) is 5.69 Å². The second-order valence-corrected chi connectivity index (χ2v) is 6.02. The molecule has 0 saturated carbocycles. The Labute approximate surface area is 136 Å². The fourth-order valence-corrected chi connectivity index (χ4v) is 2.76. The van der Waals surface area contributed by atoms with Crippen molar-refractivity contribution in [3.05, 3.63) is 65.3 Å². The van der Waals surface area contributed by atoms with Gasteiger partial charge in [0.15, 0.2) is 0 Å². The Morgan fingerprint density at radius 1 is 1.22 bits per heavy atom. The summed E-state index contributed by atoms with van der Waals surface area (Å²) in [5, 5.41) is 8.58. The van der Waals surface area contributed by atoms with Crippen LogP contribution in [0.4, 0.5) is 0 Å². The Morgan fingerprint density at radius 2 is 2.04 bits per heavy atom. The molecule has 0 saturated heterocycles. The van der Waals surface area contributed by atoms with Gasteiger partial charge in [0.25, 0.3) is 0 Å². The Hall–Kier alpha value is -2.40. The van der Waals surface area contributed by atoms with E-state index in [2.05, 4.69) is 66.4 Å². The van der Waals surface area contributed by atoms with Gasteiger partial charge in [0.1, 0.15) is 12.0 Å². The van der Waals surface area contributed by atoms with Crippen LogP contribution in [-0.4, -0.2) is 26.9 Å². The van der Waals surface area contributed by atoms with Gasteiger partial charge in [-0.3, -0.25) is 4.90 Å². The number of benzene rings is 1. The van der Waals surface area contributed by atoms with E-state index in [-0.39, 0.29) is 6.04 Å². The zero-order valence-corrected chi connectivity index (χ0v) is 14.0. The molecule has 2 aromatic heterocycles. The highest BCUT2D eigenvalue weighted by atomic mass is 16.5. The number of nitrogens with zero attached hydrogens (tertiary/aromatic N) is 4. The van der Waals surface area contributed by atoms with E-state index in [1.807, 2.05) is 17.7 Å². The highest BCUT2D eigenvalue weighted by molar-refractivity contribution is 5.37. The summed E-state index contributed by atoms with van der Waals surface area (Å²) in [6, 6.07) is 12.7. The standard InChI is InChI=1S/C18H22N4O/c1-13-10-14(2)22(19-13)17-7-5-6-16(11-17)12-21(4)15(3)18-8-9-23-20-18/h5-11,15H,12H2,1-4H3/t15-/m0/s1. The summed E-state index contributed by atoms with van der Waals surface area (Å²) in [4.78, 5) is 2.25. The highest BCUT2D eigenvalue weighted by Gasteiger charge is 2.15. The summed E-state index contributed by atoms with van der Waals surface area (Å²) in [6.45, 7) is 7.05. The second-order valence-electron chi connectivity index (χ2n) is 6.02. The number of hydrogen-bond acceptors (Lipinski definition) is 4. The van der Waals surface area contributed by atoms with Gasteiger partial charge in [-0.25, -0.2) is 4.68 Å². The summed E-state index contributed by atoms with van der Waals surface area (Å²) < 4.78 is 6.93. The van der Waals surface area contributed by atoms with Crippen molar-refractivity contribution in [2.24, 2.45) is 0 Å². The van der Waals surface area contributed by atoms with E-state index in [1.165, 1.54) is 5.56 Å². The second kappa shape index (κ2) is 6.38. The van der Waals surface area contributed by atoms with Crippen molar-refractivity contribution in [3.63, 3.8) is 0 Å². The summed E-state index contributed by atoms with van der Waals surface area (Å²) in [6.07, 6.45) is 1.61. The molecule has 23 heavy (non-hydrogen) atoms. The monoisotopic (exact) mass is 310 g/mol. The van der Waals surface area contributed by atoms with Gasteiger partial charge in [-0.2, -0.15) is 5.10 Å². The summed E-state index contributed by atoms with van der Waals surface area (Å²) in [5.41, 5.74) is 5.46. The average Bonchev–Trinajstić information content (AvgIpc) is 3.16. The Bertz CT molecular complexity index is 776. The minimum absolute atomic E-state index is 0.200. The van der Waals surface area contributed by atoms with Crippen LogP contribution in [0, 0.1) is 13.8 Å². The van der Waals surface area contributed by atoms with Gasteiger partial charge in [0.05, 0.1) is 17.4 Å². The van der Waals surface area contributed by atoms with Crippen LogP contribution < -0.4 is 0 Å². The summed E-state index contributed by atoms with van der Waals surface area (Å²) in [5.74, 6) is 0. The van der Waals surface area contributed by atoms with Crippen molar-refractivity contribution in [1.29, 1.82) is 0 Å². The molecule has 0 aliphatic heterocycles. The molecule has 0 amide bonds. The number of aryl methyl sites for hydroxylation is 2. The first-order valence-electron chi connectivity index (χ1n) is 7.77. The minimum atomic E-state index is 0.200. The number of hydrogen-bond donors (Lipinski definition) is 0. The van der Waals surface area contributed by atoms with Crippen LogP contribution in [0.2, 0.25) is 0 Å². The van der Waals surface area contributed by atoms with Crippen molar-refractivity contribution in [2.45, 2.75) is 33.4 Å². The zero-order valence-electron chi connectivity index (χ0n) is 14.0. The van der Waals surface area contributed by atoms with E-state index in [0.29, 0.717) is 0 Å². The van der Waals surface area contributed by atoms with Crippen molar-refractivity contribution < 1.29 is 4.52 Å². The fraction of sp³-hybridized carbons (Fsp3) is 0.333. The SMILES string of the molecule is Cc1cc(C)n(-c2cccc(CN(C)[C@@H](C)c3ccon3)c2)n1. The van der Waals surface area contributed by atoms with E-state index in [0.717, 1.165) is 29.3 Å². The van der Waals surface area contributed by atoms with Gasteiger partial charge in [-0.1, -0.05) is 17.3 Å². The van der Waals surface area contributed by atoms with Crippen molar-refractivity contribution in [2.75, 3.05) is 7.05 Å². The Kier molecular flexibility index (Phi) is 4.30. The molecule has 3 aromatic rings. The lowest BCUT2D eigenvalue weighted by Gasteiger charge is -2.23. The Morgan fingerprint density at radius 3 is 2.70 bits per heavy atom. The molecular weight excluding hydrogens is 288 g/mol. The van der Waals surface area contributed by atoms with Gasteiger partial charge in [0.2, 0.25) is 0 Å². The van der Waals surface area contributed by atoms with E-state index in [1.54, 1.807) is 6.26 Å². The van der Waals surface area contributed by atoms with Gasteiger partial charge < -0.3 is 4.52 Å². The molecule has 0 fully saturated rings. The minimum Gasteiger partial charge on any atom is -0.364 e. The smallest absolute Gasteiger partial charge is 0.124 e. The van der Waals surface area contributed by atoms with Crippen LogP contribution in [0.1, 0.15) is 35.6 Å². The molecule has 1 atom stereocenters. The highest BCUT2D eigenvalue weighted by Crippen LogP contribution is 2.20. The van der Waals surface area contributed by atoms with Crippen molar-refractivity contribution in [1.82, 2.24) is 19.8 Å². The third-order valence-electron chi connectivity index (χ3n) is 4.14. The molecule has 0 spiro atoms. The maximum atomic E-state index is 4.94. The molecular formula is C18H22N4O. The van der Waals surface area contributed by atoms with Crippen LogP contribution in [0.15, 0.2) is 47.2 Å². The van der Waals surface area contributed by atoms with Gasteiger partial charge >= 0.3 is 0 Å². The molecule has 0 bridgehead atoms. The van der Waals surface area contributed by atoms with E-state index < -0.39 is 0 Å². The average molecular weight is 310 g/mol. The Balaban J connectivity index is 1.79. The lowest BCUT2D eigenvalue weighted by molar-refractivity contribution is 0.241. The molecule has 0 unspecified atom stereocenters. The van der Waals surface area contributed by atoms with Gasteiger partial charge in [0, 0.05) is 18.3 Å². The number of aromatic nitrogens is 3. The summed E-state index contributed by atoms with van der Waals surface area (Å²) >= 11 is 0. The van der Waals surface area contributed by atoms with Crippen LogP contribution in [0.5, 0.6) is 0 Å². The molecule has 1 aromatic carbocycles. The first kappa shape index (κ1) is 15.5. The van der Waals surface area contributed by atoms with Gasteiger partial charge in [-0.05, 0) is 51.6 Å². The number of rotatable bonds is 5. The molecule has 0 radical (unpaired) electrons. The first-order chi connectivity index (χ1) is 11.0. The quantitative estimate of drug-likeness (QED) is 0.721. The third kappa shape index (κ3) is 3.35. The largest absolute Gasteiger partial charge is 0.364 e. The third-order valence-corrected chi connectivity index (χ3v) is 4.14. The normalized spacial score (nSPS) is 12.7. The fourth-order valence-electron chi connectivity index (χ4n) is 2.76. The molecule has 0 aliphatic carbocycles. The predicted octanol–water partition coefficient (Wildman–Crippen LogP) is 3.67. The van der Waals surface area contributed by atoms with Crippen LogP contribution in [0.3, 0.4) is 0 Å². The van der Waals surface area contributed by atoms with Crippen molar-refractivity contribution in [3.8, 4) is 5.69 Å². The lowest BCUT2D eigenvalue weighted by Crippen LogP contribution is -2.22. The molecule has 0 N–H and O–H groups in total. The van der Waals surface area contributed by atoms with E-state index in [9.17, 15) is 0 Å². The molecule has 0 aliphatic rings. The molecule has 120 valence electrons. The predicted molar refractivity (Wildman–Crippen MR) is 89.4 cm³/mol. The summed E-state index contributed by atoms with van der Waals surface area (Å²) in [7, 11) is 2.09. The maximum absolute atomic E-state index is 4.94. The molecule has 5 heteroatoms. The van der Waals surface area contributed by atoms with E-state index >= 15 is 0 Å². The zero-order chi connectivity index (χ0) is 16.4.